The Morgan fingerprint density at radius 3 is 1.50 bits per heavy atom. The normalized spacial score (nSPS) is 12.8. The van der Waals surface area contributed by atoms with E-state index in [0.29, 0.717) is 5.82 Å². The lowest BCUT2D eigenvalue weighted by Crippen LogP contribution is -2.25. The molecule has 0 N–H and O–H groups in total. The summed E-state index contributed by atoms with van der Waals surface area (Å²) < 4.78 is 2.59. The lowest BCUT2D eigenvalue weighted by atomic mass is 9.70. The number of nitrogens with zero attached hydrogens (tertiary/aromatic N) is 2. The maximum atomic E-state index is 5.51. The van der Waals surface area contributed by atoms with Gasteiger partial charge in [-0.05, 0) is 126 Å². The lowest BCUT2D eigenvalue weighted by Gasteiger charge is -2.30. The average Bonchev–Trinajstić information content (AvgIpc) is 4.05. The van der Waals surface area contributed by atoms with Crippen molar-refractivity contribution in [2.45, 2.75) is 5.41 Å². The van der Waals surface area contributed by atoms with Crippen LogP contribution in [-0.4, -0.2) is 9.97 Å². The topological polar surface area (TPSA) is 25.8 Å². The summed E-state index contributed by atoms with van der Waals surface area (Å²) in [4.78, 5) is 11.0. The van der Waals surface area contributed by atoms with Crippen molar-refractivity contribution in [2.75, 3.05) is 0 Å². The molecule has 0 unspecified atom stereocenters. The minimum absolute atomic E-state index is 0.459. The monoisotopic (exact) mass is 880 g/mol. The highest BCUT2D eigenvalue weighted by molar-refractivity contribution is 7.25. The second-order valence-electron chi connectivity index (χ2n) is 18.0. The van der Waals surface area contributed by atoms with Crippen LogP contribution < -0.4 is 0 Å². The van der Waals surface area contributed by atoms with Gasteiger partial charge in [-0.3, -0.25) is 0 Å². The molecule has 0 radical (unpaired) electrons. The van der Waals surface area contributed by atoms with Crippen molar-refractivity contribution in [3.05, 3.63) is 265 Å². The molecule has 12 aromatic rings. The van der Waals surface area contributed by atoms with Crippen molar-refractivity contribution in [1.82, 2.24) is 9.97 Å². The third kappa shape index (κ3) is 5.89. The van der Waals surface area contributed by atoms with Crippen LogP contribution in [-0.2, 0) is 5.41 Å². The molecule has 2 aromatic heterocycles. The molecule has 316 valence electrons. The first-order chi connectivity index (χ1) is 33.7. The molecule has 0 atom stereocenters. The van der Waals surface area contributed by atoms with Crippen LogP contribution in [0.1, 0.15) is 22.3 Å². The van der Waals surface area contributed by atoms with E-state index in [0.717, 1.165) is 44.8 Å². The molecule has 0 saturated heterocycles. The summed E-state index contributed by atoms with van der Waals surface area (Å²) in [7, 11) is 0. The first-order valence-electron chi connectivity index (χ1n) is 23.3. The second-order valence-corrected chi connectivity index (χ2v) is 19.1. The molecule has 68 heavy (non-hydrogen) atoms. The van der Waals surface area contributed by atoms with Crippen molar-refractivity contribution in [1.29, 1.82) is 0 Å². The highest BCUT2D eigenvalue weighted by atomic mass is 32.1. The molecule has 0 aliphatic heterocycles. The third-order valence-electron chi connectivity index (χ3n) is 14.3. The zero-order valence-corrected chi connectivity index (χ0v) is 37.7. The van der Waals surface area contributed by atoms with Crippen LogP contribution in [0.2, 0.25) is 0 Å². The van der Waals surface area contributed by atoms with Gasteiger partial charge in [0.25, 0.3) is 0 Å². The van der Waals surface area contributed by atoms with Crippen LogP contribution in [0.4, 0.5) is 0 Å². The summed E-state index contributed by atoms with van der Waals surface area (Å²) in [6.07, 6.45) is 0. The van der Waals surface area contributed by atoms with E-state index in [1.54, 1.807) is 0 Å². The van der Waals surface area contributed by atoms with Crippen LogP contribution in [0.5, 0.6) is 0 Å². The average molecular weight is 881 g/mol. The Bertz CT molecular complexity index is 3930. The number of aromatic nitrogens is 2. The molecule has 0 saturated carbocycles. The number of hydrogen-bond donors (Lipinski definition) is 0. The van der Waals surface area contributed by atoms with Gasteiger partial charge < -0.3 is 0 Å². The largest absolute Gasteiger partial charge is 0.228 e. The van der Waals surface area contributed by atoms with Crippen molar-refractivity contribution >= 4 is 31.5 Å². The number of benzene rings is 10. The van der Waals surface area contributed by atoms with E-state index >= 15 is 0 Å². The van der Waals surface area contributed by atoms with Crippen LogP contribution >= 0.6 is 11.3 Å². The molecule has 2 nitrogen and oxygen atoms in total. The minimum atomic E-state index is -0.459. The lowest BCUT2D eigenvalue weighted by molar-refractivity contribution is 0.794. The van der Waals surface area contributed by atoms with E-state index in [9.17, 15) is 0 Å². The zero-order valence-electron chi connectivity index (χ0n) is 36.9. The molecule has 1 spiro atoms. The van der Waals surface area contributed by atoms with Crippen LogP contribution in [0.3, 0.4) is 0 Å². The van der Waals surface area contributed by atoms with Crippen LogP contribution in [0.25, 0.3) is 110 Å². The molecule has 3 heteroatoms. The Labute approximate surface area is 399 Å². The Morgan fingerprint density at radius 1 is 0.279 bits per heavy atom. The molecular formula is C65H40N2S. The van der Waals surface area contributed by atoms with E-state index in [2.05, 4.69) is 243 Å². The summed E-state index contributed by atoms with van der Waals surface area (Å²) >= 11 is 1.85. The van der Waals surface area contributed by atoms with Gasteiger partial charge in [-0.1, -0.05) is 194 Å². The van der Waals surface area contributed by atoms with Gasteiger partial charge in [0.2, 0.25) is 0 Å². The second kappa shape index (κ2) is 15.3. The zero-order chi connectivity index (χ0) is 44.8. The summed E-state index contributed by atoms with van der Waals surface area (Å²) in [6, 6.07) is 88.8. The fraction of sp³-hybridized carbons (Fsp3) is 0.0154. The van der Waals surface area contributed by atoms with E-state index < -0.39 is 5.41 Å². The molecule has 10 aromatic carbocycles. The molecule has 14 rings (SSSR count). The molecule has 0 amide bonds. The van der Waals surface area contributed by atoms with Crippen LogP contribution in [0.15, 0.2) is 243 Å². The Balaban J connectivity index is 1.01. The van der Waals surface area contributed by atoms with Gasteiger partial charge >= 0.3 is 0 Å². The maximum absolute atomic E-state index is 5.51. The first kappa shape index (κ1) is 38.7. The summed E-state index contributed by atoms with van der Waals surface area (Å²) in [5, 5.41) is 2.57. The van der Waals surface area contributed by atoms with Crippen molar-refractivity contribution in [2.24, 2.45) is 0 Å². The summed E-state index contributed by atoms with van der Waals surface area (Å²) in [6.45, 7) is 0. The fourth-order valence-corrected chi connectivity index (χ4v) is 12.4. The third-order valence-corrected chi connectivity index (χ3v) is 15.4. The predicted octanol–water partition coefficient (Wildman–Crippen LogP) is 17.2. The van der Waals surface area contributed by atoms with Crippen molar-refractivity contribution < 1.29 is 0 Å². The molecule has 2 heterocycles. The van der Waals surface area contributed by atoms with Gasteiger partial charge in [0.15, 0.2) is 5.82 Å². The van der Waals surface area contributed by atoms with Gasteiger partial charge in [-0.15, -0.1) is 11.3 Å². The predicted molar refractivity (Wildman–Crippen MR) is 284 cm³/mol. The van der Waals surface area contributed by atoms with Gasteiger partial charge in [-0.2, -0.15) is 0 Å². The number of thiophene rings is 1. The van der Waals surface area contributed by atoms with E-state index in [1.165, 1.54) is 81.4 Å². The Kier molecular flexibility index (Phi) is 8.71. The minimum Gasteiger partial charge on any atom is -0.228 e. The highest BCUT2D eigenvalue weighted by Gasteiger charge is 2.52. The van der Waals surface area contributed by atoms with Crippen molar-refractivity contribution in [3.63, 3.8) is 0 Å². The van der Waals surface area contributed by atoms with E-state index in [4.69, 9.17) is 9.97 Å². The molecule has 0 bridgehead atoms. The molecular weight excluding hydrogens is 841 g/mol. The van der Waals surface area contributed by atoms with E-state index in [1.807, 2.05) is 11.3 Å². The SMILES string of the molecule is c1ccc(-c2cccc(-c3cc(-c4ccc5sc6ccccc6c5c4)cc(-c4cc(-c5cccc6c5-c5ccccc5C65c6ccccc6-c6ccccc65)nc(-c5ccccc5)n4)c3)c2)cc1. The highest BCUT2D eigenvalue weighted by Crippen LogP contribution is 2.64. The maximum Gasteiger partial charge on any atom is 0.160 e. The molecule has 2 aliphatic carbocycles. The Hall–Kier alpha value is -8.50. The summed E-state index contributed by atoms with van der Waals surface area (Å²) in [5.74, 6) is 0.692. The molecule has 0 fully saturated rings. The summed E-state index contributed by atoms with van der Waals surface area (Å²) in [5.41, 5.74) is 21.6. The fourth-order valence-electron chi connectivity index (χ4n) is 11.3. The Morgan fingerprint density at radius 2 is 0.765 bits per heavy atom. The van der Waals surface area contributed by atoms with Crippen LogP contribution in [0, 0.1) is 0 Å². The van der Waals surface area contributed by atoms with Gasteiger partial charge in [-0.25, -0.2) is 9.97 Å². The first-order valence-corrected chi connectivity index (χ1v) is 24.1. The van der Waals surface area contributed by atoms with Gasteiger partial charge in [0, 0.05) is 36.9 Å². The number of rotatable bonds is 6. The number of hydrogen-bond acceptors (Lipinski definition) is 3. The number of fused-ring (bicyclic) bond motifs is 13. The van der Waals surface area contributed by atoms with Crippen molar-refractivity contribution in [3.8, 4) is 89.5 Å². The van der Waals surface area contributed by atoms with Gasteiger partial charge in [0.1, 0.15) is 0 Å². The van der Waals surface area contributed by atoms with Gasteiger partial charge in [0.05, 0.1) is 16.8 Å². The van der Waals surface area contributed by atoms with E-state index in [-0.39, 0.29) is 0 Å². The standard InChI is InChI=1S/C65H40N2S/c1-3-17-41(18-4-1)43-21-15-22-44(35-43)46-36-47(45-33-34-62-54(39-45)51-25-10-14-32-61(51)68-62)38-48(37-46)59-40-60(67-64(66-59)42-19-5-2-6-20-42)53-27-16-31-58-63(53)52-26-9-13-30-57(52)65(58)55-28-11-7-23-49(55)50-24-8-12-29-56(50)65/h1-40H. The quantitative estimate of drug-likeness (QED) is 0.166. The smallest absolute Gasteiger partial charge is 0.160 e. The molecule has 2 aliphatic rings.